The predicted octanol–water partition coefficient (Wildman–Crippen LogP) is 4.65. The van der Waals surface area contributed by atoms with Gasteiger partial charge < -0.3 is 20.1 Å². The number of hydrogen-bond acceptors (Lipinski definition) is 4. The van der Waals surface area contributed by atoms with Gasteiger partial charge in [0.1, 0.15) is 6.61 Å². The number of carbonyl (C=O) groups is 2. The van der Waals surface area contributed by atoms with Crippen LogP contribution in [0.5, 0.6) is 0 Å². The van der Waals surface area contributed by atoms with Crippen LogP contribution >= 0.6 is 0 Å². The summed E-state index contributed by atoms with van der Waals surface area (Å²) < 4.78 is 5.37. The van der Waals surface area contributed by atoms with Gasteiger partial charge in [-0.15, -0.1) is 0 Å². The molecule has 0 aliphatic carbocycles. The van der Waals surface area contributed by atoms with Crippen LogP contribution in [0.1, 0.15) is 38.3 Å². The van der Waals surface area contributed by atoms with E-state index in [0.717, 1.165) is 23.1 Å². The zero-order chi connectivity index (χ0) is 24.8. The number of allylic oxidation sites excluding steroid dienone is 2. The van der Waals surface area contributed by atoms with Crippen molar-refractivity contribution in [1.29, 1.82) is 0 Å². The fourth-order valence-electron chi connectivity index (χ4n) is 3.45. The highest BCUT2D eigenvalue weighted by atomic mass is 16.5. The van der Waals surface area contributed by atoms with Gasteiger partial charge in [0.15, 0.2) is 0 Å². The first-order chi connectivity index (χ1) is 16.4. The monoisotopic (exact) mass is 464 g/mol. The summed E-state index contributed by atoms with van der Waals surface area (Å²) in [4.78, 5) is 26.5. The van der Waals surface area contributed by atoms with Crippen LogP contribution < -0.4 is 5.32 Å². The van der Waals surface area contributed by atoms with Crippen LogP contribution in [-0.4, -0.2) is 47.2 Å². The summed E-state index contributed by atoms with van der Waals surface area (Å²) in [5.74, 6) is -0.145. The first-order valence-corrected chi connectivity index (χ1v) is 11.7. The molecule has 0 heterocycles. The molecule has 0 aromatic heterocycles. The van der Waals surface area contributed by atoms with Crippen LogP contribution in [0.15, 0.2) is 84.5 Å². The molecule has 0 aliphatic heterocycles. The van der Waals surface area contributed by atoms with Crippen LogP contribution in [0.2, 0.25) is 0 Å². The third-order valence-electron chi connectivity index (χ3n) is 5.44. The summed E-state index contributed by atoms with van der Waals surface area (Å²) in [7, 11) is 0. The number of nitrogens with zero attached hydrogens (tertiary/aromatic N) is 1. The van der Waals surface area contributed by atoms with Gasteiger partial charge in [0.25, 0.3) is 0 Å². The highest BCUT2D eigenvalue weighted by Gasteiger charge is 2.26. The van der Waals surface area contributed by atoms with Crippen molar-refractivity contribution in [2.75, 3.05) is 13.1 Å². The number of hydrogen-bond donors (Lipinski definition) is 2. The van der Waals surface area contributed by atoms with Crippen molar-refractivity contribution in [2.24, 2.45) is 0 Å². The molecule has 2 N–H and O–H groups in total. The first-order valence-electron chi connectivity index (χ1n) is 11.7. The van der Waals surface area contributed by atoms with Crippen molar-refractivity contribution < 1.29 is 19.4 Å². The minimum atomic E-state index is -0.985. The molecule has 0 radical (unpaired) electrons. The van der Waals surface area contributed by atoms with Gasteiger partial charge in [-0.2, -0.15) is 0 Å². The fourth-order valence-corrected chi connectivity index (χ4v) is 3.45. The van der Waals surface area contributed by atoms with Crippen molar-refractivity contribution in [2.45, 2.75) is 52.4 Å². The zero-order valence-corrected chi connectivity index (χ0v) is 20.3. The molecule has 6 heteroatoms. The van der Waals surface area contributed by atoms with Gasteiger partial charge in [-0.25, -0.2) is 4.79 Å². The largest absolute Gasteiger partial charge is 0.445 e. The summed E-state index contributed by atoms with van der Waals surface area (Å²) in [5, 5.41) is 13.9. The minimum absolute atomic E-state index is 0.0864. The molecule has 0 saturated carbocycles. The van der Waals surface area contributed by atoms with Gasteiger partial charge in [-0.3, -0.25) is 4.79 Å². The molecule has 0 fully saturated rings. The summed E-state index contributed by atoms with van der Waals surface area (Å²) in [6, 6.07) is 18.4. The molecule has 2 atom stereocenters. The Morgan fingerprint density at radius 2 is 1.68 bits per heavy atom. The average Bonchev–Trinajstić information content (AvgIpc) is 2.85. The highest BCUT2D eigenvalue weighted by molar-refractivity contribution is 5.73. The molecular weight excluding hydrogens is 428 g/mol. The molecule has 0 spiro atoms. The number of aliphatic hydroxyl groups excluding tert-OH is 1. The van der Waals surface area contributed by atoms with Gasteiger partial charge in [0.05, 0.1) is 12.1 Å². The van der Waals surface area contributed by atoms with E-state index < -0.39 is 18.2 Å². The van der Waals surface area contributed by atoms with Crippen LogP contribution in [0.4, 0.5) is 4.79 Å². The van der Waals surface area contributed by atoms with Crippen molar-refractivity contribution >= 4 is 12.0 Å². The number of carbonyl (C=O) groups excluding carboxylic acids is 2. The van der Waals surface area contributed by atoms with E-state index in [9.17, 15) is 14.7 Å². The number of amides is 2. The van der Waals surface area contributed by atoms with Crippen molar-refractivity contribution in [3.8, 4) is 0 Å². The van der Waals surface area contributed by atoms with Crippen LogP contribution in [0.3, 0.4) is 0 Å². The second-order valence-corrected chi connectivity index (χ2v) is 8.14. The fraction of sp³-hybridized carbons (Fsp3) is 0.357. The molecule has 6 nitrogen and oxygen atoms in total. The highest BCUT2D eigenvalue weighted by Crippen LogP contribution is 2.11. The minimum Gasteiger partial charge on any atom is -0.445 e. The van der Waals surface area contributed by atoms with Gasteiger partial charge >= 0.3 is 6.09 Å². The maximum Gasteiger partial charge on any atom is 0.407 e. The van der Waals surface area contributed by atoms with Gasteiger partial charge in [0.2, 0.25) is 5.91 Å². The number of rotatable bonds is 12. The number of benzene rings is 2. The van der Waals surface area contributed by atoms with Crippen molar-refractivity contribution in [1.82, 2.24) is 10.2 Å². The SMILES string of the molecule is C/C=C(\C=C/CC)CN(C[C@@H](O)[C@H](Cc1ccccc1)NC(=O)OCc1ccccc1)C(C)=O. The zero-order valence-electron chi connectivity index (χ0n) is 20.3. The summed E-state index contributed by atoms with van der Waals surface area (Å²) in [6.45, 7) is 6.06. The smallest absolute Gasteiger partial charge is 0.407 e. The van der Waals surface area contributed by atoms with Gasteiger partial charge in [0, 0.05) is 20.0 Å². The van der Waals surface area contributed by atoms with E-state index in [-0.39, 0.29) is 19.1 Å². The van der Waals surface area contributed by atoms with E-state index in [1.807, 2.05) is 92.7 Å². The Hall–Kier alpha value is -3.38. The Labute approximate surface area is 202 Å². The van der Waals surface area contributed by atoms with Crippen molar-refractivity contribution in [3.05, 3.63) is 95.6 Å². The van der Waals surface area contributed by atoms with Crippen LogP contribution in [0, 0.1) is 0 Å². The maximum absolute atomic E-state index is 12.5. The third kappa shape index (κ3) is 9.63. The molecule has 182 valence electrons. The Morgan fingerprint density at radius 3 is 2.24 bits per heavy atom. The summed E-state index contributed by atoms with van der Waals surface area (Å²) in [6.07, 6.45) is 5.68. The standard InChI is InChI=1S/C28H36N2O4/c1-4-6-13-23(5-2)19-30(22(3)31)20-27(32)26(18-24-14-9-7-10-15-24)29-28(33)34-21-25-16-11-8-12-17-25/h5-17,26-27,32H,4,18-21H2,1-3H3,(H,29,33)/b13-6-,23-5+/t26-,27+/m0/s1. The summed E-state index contributed by atoms with van der Waals surface area (Å²) in [5.41, 5.74) is 2.82. The molecule has 0 bridgehead atoms. The molecule has 0 unspecified atom stereocenters. The molecule has 2 rings (SSSR count). The molecule has 0 aliphatic rings. The molecule has 2 amide bonds. The van der Waals surface area contributed by atoms with Gasteiger partial charge in [-0.1, -0.05) is 85.8 Å². The first kappa shape index (κ1) is 26.9. The Bertz CT molecular complexity index is 941. The second kappa shape index (κ2) is 14.7. The lowest BCUT2D eigenvalue weighted by molar-refractivity contribution is -0.130. The Morgan fingerprint density at radius 1 is 1.06 bits per heavy atom. The lowest BCUT2D eigenvalue weighted by Crippen LogP contribution is -2.50. The Balaban J connectivity index is 2.10. The van der Waals surface area contributed by atoms with Gasteiger partial charge in [-0.05, 0) is 36.5 Å². The molecular formula is C28H36N2O4. The number of aliphatic hydroxyl groups is 1. The molecule has 2 aromatic rings. The lowest BCUT2D eigenvalue weighted by atomic mass is 10.0. The van der Waals surface area contributed by atoms with E-state index in [1.54, 1.807) is 4.90 Å². The molecule has 0 saturated heterocycles. The summed E-state index contributed by atoms with van der Waals surface area (Å²) >= 11 is 0. The van der Waals surface area contributed by atoms with E-state index in [4.69, 9.17) is 4.74 Å². The number of alkyl carbamates (subject to hydrolysis) is 1. The average molecular weight is 465 g/mol. The normalized spacial score (nSPS) is 13.4. The quantitative estimate of drug-likeness (QED) is 0.448. The third-order valence-corrected chi connectivity index (χ3v) is 5.44. The molecule has 34 heavy (non-hydrogen) atoms. The van der Waals surface area contributed by atoms with E-state index in [1.165, 1.54) is 6.92 Å². The number of ether oxygens (including phenoxy) is 1. The maximum atomic E-state index is 12.5. The molecule has 2 aromatic carbocycles. The topological polar surface area (TPSA) is 78.9 Å². The van der Waals surface area contributed by atoms with Crippen LogP contribution in [-0.2, 0) is 22.6 Å². The van der Waals surface area contributed by atoms with E-state index in [2.05, 4.69) is 5.32 Å². The number of nitrogens with one attached hydrogen (secondary N) is 1. The Kier molecular flexibility index (Phi) is 11.6. The predicted molar refractivity (Wildman–Crippen MR) is 135 cm³/mol. The van der Waals surface area contributed by atoms with Crippen molar-refractivity contribution in [3.63, 3.8) is 0 Å². The van der Waals surface area contributed by atoms with E-state index >= 15 is 0 Å². The van der Waals surface area contributed by atoms with E-state index in [0.29, 0.717) is 13.0 Å². The second-order valence-electron chi connectivity index (χ2n) is 8.14. The lowest BCUT2D eigenvalue weighted by Gasteiger charge is -2.30. The van der Waals surface area contributed by atoms with Crippen LogP contribution in [0.25, 0.3) is 0 Å².